The summed E-state index contributed by atoms with van der Waals surface area (Å²) >= 11 is 12.3. The van der Waals surface area contributed by atoms with E-state index in [2.05, 4.69) is 0 Å². The first-order valence-electron chi connectivity index (χ1n) is 6.36. The monoisotopic (exact) mass is 326 g/mol. The molecular formula is C16H13Cl2FO2. The molecule has 0 atom stereocenters. The second-order valence-electron chi connectivity index (χ2n) is 4.45. The number of Topliss-reactive ketones (excluding diaryl/α,β-unsaturated/α-hetero) is 1. The van der Waals surface area contributed by atoms with Crippen molar-refractivity contribution in [3.8, 4) is 16.9 Å². The molecule has 0 amide bonds. The summed E-state index contributed by atoms with van der Waals surface area (Å²) in [6, 6.07) is 7.23. The summed E-state index contributed by atoms with van der Waals surface area (Å²) in [4.78, 5) is 11.4. The largest absolute Gasteiger partial charge is 0.492 e. The maximum atomic E-state index is 14.0. The van der Waals surface area contributed by atoms with Crippen molar-refractivity contribution in [3.63, 3.8) is 0 Å². The van der Waals surface area contributed by atoms with E-state index in [1.54, 1.807) is 6.07 Å². The molecule has 110 valence electrons. The molecule has 0 saturated carbocycles. The van der Waals surface area contributed by atoms with Gasteiger partial charge in [-0.1, -0.05) is 23.2 Å². The molecule has 0 spiro atoms. The van der Waals surface area contributed by atoms with Gasteiger partial charge in [0.2, 0.25) is 0 Å². The highest BCUT2D eigenvalue weighted by molar-refractivity contribution is 6.36. The molecule has 2 aromatic rings. The summed E-state index contributed by atoms with van der Waals surface area (Å²) in [5.74, 6) is -0.178. The quantitative estimate of drug-likeness (QED) is 0.703. The molecule has 2 rings (SSSR count). The number of carbonyl (C=O) groups excluding carboxylic acids is 1. The number of benzene rings is 2. The van der Waals surface area contributed by atoms with Crippen LogP contribution in [0.15, 0.2) is 30.3 Å². The van der Waals surface area contributed by atoms with Gasteiger partial charge in [0.25, 0.3) is 0 Å². The van der Waals surface area contributed by atoms with Crippen molar-refractivity contribution in [2.45, 2.75) is 13.8 Å². The van der Waals surface area contributed by atoms with Crippen molar-refractivity contribution in [2.75, 3.05) is 6.61 Å². The van der Waals surface area contributed by atoms with Gasteiger partial charge in [-0.05, 0) is 38.1 Å². The van der Waals surface area contributed by atoms with Crippen LogP contribution in [-0.2, 0) is 0 Å². The van der Waals surface area contributed by atoms with Crippen LogP contribution >= 0.6 is 23.2 Å². The predicted octanol–water partition coefficient (Wildman–Crippen LogP) is 5.40. The molecule has 2 nitrogen and oxygen atoms in total. The Labute approximate surface area is 132 Å². The molecule has 0 aliphatic heterocycles. The van der Waals surface area contributed by atoms with E-state index in [0.717, 1.165) is 0 Å². The smallest absolute Gasteiger partial charge is 0.159 e. The first-order chi connectivity index (χ1) is 9.93. The maximum Gasteiger partial charge on any atom is 0.159 e. The molecule has 21 heavy (non-hydrogen) atoms. The summed E-state index contributed by atoms with van der Waals surface area (Å²) in [6.45, 7) is 3.70. The van der Waals surface area contributed by atoms with Crippen LogP contribution in [0.4, 0.5) is 4.39 Å². The van der Waals surface area contributed by atoms with Crippen LogP contribution in [0.2, 0.25) is 10.0 Å². The Morgan fingerprint density at radius 3 is 2.48 bits per heavy atom. The van der Waals surface area contributed by atoms with Gasteiger partial charge in [0.1, 0.15) is 11.6 Å². The molecule has 0 bridgehead atoms. The van der Waals surface area contributed by atoms with Gasteiger partial charge in [0.15, 0.2) is 5.78 Å². The number of carbonyl (C=O) groups is 1. The summed E-state index contributed by atoms with van der Waals surface area (Å²) in [5, 5.41) is 0.645. The number of ketones is 1. The lowest BCUT2D eigenvalue weighted by Gasteiger charge is -2.12. The third kappa shape index (κ3) is 3.36. The van der Waals surface area contributed by atoms with E-state index in [0.29, 0.717) is 33.5 Å². The number of hydrogen-bond donors (Lipinski definition) is 0. The lowest BCUT2D eigenvalue weighted by molar-refractivity contribution is 0.101. The fourth-order valence-corrected chi connectivity index (χ4v) is 2.43. The second kappa shape index (κ2) is 6.46. The van der Waals surface area contributed by atoms with Crippen LogP contribution in [0.3, 0.4) is 0 Å². The highest BCUT2D eigenvalue weighted by atomic mass is 35.5. The molecule has 5 heteroatoms. The van der Waals surface area contributed by atoms with E-state index >= 15 is 0 Å². The van der Waals surface area contributed by atoms with Crippen LogP contribution in [0, 0.1) is 5.82 Å². The summed E-state index contributed by atoms with van der Waals surface area (Å²) < 4.78 is 19.4. The Morgan fingerprint density at radius 1 is 1.14 bits per heavy atom. The van der Waals surface area contributed by atoms with Crippen LogP contribution in [-0.4, -0.2) is 12.4 Å². The summed E-state index contributed by atoms with van der Waals surface area (Å²) in [7, 11) is 0. The van der Waals surface area contributed by atoms with Crippen LogP contribution in [0.25, 0.3) is 11.1 Å². The fraction of sp³-hybridized carbons (Fsp3) is 0.188. The number of hydrogen-bond acceptors (Lipinski definition) is 2. The van der Waals surface area contributed by atoms with Crippen molar-refractivity contribution < 1.29 is 13.9 Å². The normalized spacial score (nSPS) is 10.5. The zero-order valence-electron chi connectivity index (χ0n) is 11.5. The van der Waals surface area contributed by atoms with E-state index in [4.69, 9.17) is 27.9 Å². The van der Waals surface area contributed by atoms with Gasteiger partial charge in [0.05, 0.1) is 16.7 Å². The molecule has 0 radical (unpaired) electrons. The first kappa shape index (κ1) is 15.8. The van der Waals surface area contributed by atoms with Gasteiger partial charge in [0, 0.05) is 22.8 Å². The van der Waals surface area contributed by atoms with Crippen molar-refractivity contribution in [3.05, 3.63) is 51.8 Å². The Hall–Kier alpha value is -1.58. The first-order valence-corrected chi connectivity index (χ1v) is 7.12. The Morgan fingerprint density at radius 2 is 1.86 bits per heavy atom. The Kier molecular flexibility index (Phi) is 4.86. The molecule has 0 fully saturated rings. The van der Waals surface area contributed by atoms with Crippen molar-refractivity contribution in [1.29, 1.82) is 0 Å². The SMILES string of the molecule is CCOc1cc(Cl)c(-c2cc(C(C)=O)ccc2F)cc1Cl. The van der Waals surface area contributed by atoms with E-state index in [9.17, 15) is 9.18 Å². The molecule has 0 N–H and O–H groups in total. The van der Waals surface area contributed by atoms with Gasteiger partial charge in [-0.3, -0.25) is 4.79 Å². The molecule has 2 aromatic carbocycles. The summed E-state index contributed by atoms with van der Waals surface area (Å²) in [5.41, 5.74) is 1.07. The van der Waals surface area contributed by atoms with Gasteiger partial charge in [-0.2, -0.15) is 0 Å². The van der Waals surface area contributed by atoms with Crippen LogP contribution in [0.5, 0.6) is 5.75 Å². The van der Waals surface area contributed by atoms with Crippen molar-refractivity contribution >= 4 is 29.0 Å². The van der Waals surface area contributed by atoms with Crippen LogP contribution in [0.1, 0.15) is 24.2 Å². The molecule has 0 unspecified atom stereocenters. The molecular weight excluding hydrogens is 314 g/mol. The minimum absolute atomic E-state index is 0.149. The number of ether oxygens (including phenoxy) is 1. The minimum atomic E-state index is -0.470. The average molecular weight is 327 g/mol. The van der Waals surface area contributed by atoms with Crippen molar-refractivity contribution in [1.82, 2.24) is 0 Å². The van der Waals surface area contributed by atoms with Gasteiger partial charge >= 0.3 is 0 Å². The standard InChI is InChI=1S/C16H13Cl2FO2/c1-3-21-16-8-13(17)11(7-14(16)18)12-6-10(9(2)20)4-5-15(12)19/h4-8H,3H2,1-2H3. The lowest BCUT2D eigenvalue weighted by atomic mass is 10.0. The molecule has 0 heterocycles. The third-order valence-electron chi connectivity index (χ3n) is 2.98. The molecule has 0 saturated heterocycles. The number of rotatable bonds is 4. The average Bonchev–Trinajstić information content (AvgIpc) is 2.43. The van der Waals surface area contributed by atoms with Crippen LogP contribution < -0.4 is 4.74 Å². The van der Waals surface area contributed by atoms with E-state index < -0.39 is 5.82 Å². The Bertz CT molecular complexity index is 699. The van der Waals surface area contributed by atoms with E-state index in [1.165, 1.54) is 31.2 Å². The zero-order chi connectivity index (χ0) is 15.6. The third-order valence-corrected chi connectivity index (χ3v) is 3.59. The molecule has 0 aliphatic rings. The Balaban J connectivity index is 2.59. The molecule has 0 aliphatic carbocycles. The predicted molar refractivity (Wildman–Crippen MR) is 83.0 cm³/mol. The zero-order valence-corrected chi connectivity index (χ0v) is 13.1. The minimum Gasteiger partial charge on any atom is -0.492 e. The van der Waals surface area contributed by atoms with E-state index in [1.807, 2.05) is 6.92 Å². The van der Waals surface area contributed by atoms with Gasteiger partial charge < -0.3 is 4.74 Å². The number of halogens is 3. The fourth-order valence-electron chi connectivity index (χ4n) is 1.95. The summed E-state index contributed by atoms with van der Waals surface area (Å²) in [6.07, 6.45) is 0. The highest BCUT2D eigenvalue weighted by Crippen LogP contribution is 2.38. The van der Waals surface area contributed by atoms with E-state index in [-0.39, 0.29) is 11.3 Å². The topological polar surface area (TPSA) is 26.3 Å². The second-order valence-corrected chi connectivity index (χ2v) is 5.26. The van der Waals surface area contributed by atoms with Gasteiger partial charge in [-0.25, -0.2) is 4.39 Å². The molecule has 0 aromatic heterocycles. The van der Waals surface area contributed by atoms with Gasteiger partial charge in [-0.15, -0.1) is 0 Å². The highest BCUT2D eigenvalue weighted by Gasteiger charge is 2.15. The van der Waals surface area contributed by atoms with Crippen molar-refractivity contribution in [2.24, 2.45) is 0 Å². The lowest BCUT2D eigenvalue weighted by Crippen LogP contribution is -1.96. The maximum absolute atomic E-state index is 14.0.